The summed E-state index contributed by atoms with van der Waals surface area (Å²) in [4.78, 5) is 29.1. The van der Waals surface area contributed by atoms with Gasteiger partial charge < -0.3 is 4.74 Å². The maximum Gasteiger partial charge on any atom is 0.276 e. The summed E-state index contributed by atoms with van der Waals surface area (Å²) in [6.45, 7) is 7.28. The van der Waals surface area contributed by atoms with Crippen molar-refractivity contribution in [2.75, 3.05) is 4.90 Å². The summed E-state index contributed by atoms with van der Waals surface area (Å²) < 4.78 is 5.75. The Morgan fingerprint density at radius 2 is 1.90 bits per heavy atom. The number of aryl methyl sites for hydroxylation is 1. The van der Waals surface area contributed by atoms with Crippen LogP contribution in [0.4, 0.5) is 16.5 Å². The smallest absolute Gasteiger partial charge is 0.276 e. The lowest BCUT2D eigenvalue weighted by molar-refractivity contribution is -0.385. The zero-order valence-electron chi connectivity index (χ0n) is 16.6. The molecule has 2 aromatic carbocycles. The van der Waals surface area contributed by atoms with Gasteiger partial charge >= 0.3 is 0 Å². The molecule has 0 bridgehead atoms. The zero-order valence-corrected chi connectivity index (χ0v) is 17.4. The lowest BCUT2D eigenvalue weighted by Crippen LogP contribution is -2.23. The van der Waals surface area contributed by atoms with E-state index in [9.17, 15) is 14.9 Å². The fourth-order valence-corrected chi connectivity index (χ4v) is 3.82. The second-order valence-electron chi connectivity index (χ2n) is 6.64. The maximum absolute atomic E-state index is 12.3. The number of amides is 1. The highest BCUT2D eigenvalue weighted by atomic mass is 32.1. The van der Waals surface area contributed by atoms with Gasteiger partial charge in [0.15, 0.2) is 5.13 Å². The fraction of sp³-hybridized carbons (Fsp3) is 0.238. The Hall–Kier alpha value is -3.26. The topological polar surface area (TPSA) is 85.6 Å². The normalized spacial score (nSPS) is 10.6. The van der Waals surface area contributed by atoms with Gasteiger partial charge in [-0.1, -0.05) is 18.2 Å². The largest absolute Gasteiger partial charge is 0.487 e. The molecule has 3 aromatic rings. The summed E-state index contributed by atoms with van der Waals surface area (Å²) in [5, 5.41) is 13.5. The molecule has 0 radical (unpaired) electrons. The quantitative estimate of drug-likeness (QED) is 0.409. The van der Waals surface area contributed by atoms with E-state index in [1.807, 2.05) is 37.4 Å². The predicted octanol–water partition coefficient (Wildman–Crippen LogP) is 5.24. The van der Waals surface area contributed by atoms with E-state index in [-0.39, 0.29) is 18.2 Å². The van der Waals surface area contributed by atoms with Gasteiger partial charge in [0.25, 0.3) is 5.69 Å². The Morgan fingerprint density at radius 3 is 2.59 bits per heavy atom. The van der Waals surface area contributed by atoms with Crippen LogP contribution in [0.5, 0.6) is 5.75 Å². The summed E-state index contributed by atoms with van der Waals surface area (Å²) >= 11 is 1.35. The molecular formula is C21H21N3O4S. The molecule has 1 aromatic heterocycles. The second kappa shape index (κ2) is 8.40. The highest BCUT2D eigenvalue weighted by Gasteiger charge is 2.21. The van der Waals surface area contributed by atoms with Gasteiger partial charge in [-0.3, -0.25) is 19.8 Å². The number of nitrogens with zero attached hydrogens (tertiary/aromatic N) is 3. The van der Waals surface area contributed by atoms with Crippen LogP contribution in [-0.4, -0.2) is 15.8 Å². The molecule has 7 nitrogen and oxygen atoms in total. The van der Waals surface area contributed by atoms with E-state index < -0.39 is 4.92 Å². The molecule has 8 heteroatoms. The molecule has 29 heavy (non-hydrogen) atoms. The number of nitro benzene ring substituents is 1. The van der Waals surface area contributed by atoms with Gasteiger partial charge in [0.05, 0.1) is 21.9 Å². The molecular weight excluding hydrogens is 390 g/mol. The van der Waals surface area contributed by atoms with Gasteiger partial charge in [0, 0.05) is 18.4 Å². The van der Waals surface area contributed by atoms with Crippen LogP contribution in [0.3, 0.4) is 0 Å². The minimum Gasteiger partial charge on any atom is -0.487 e. The summed E-state index contributed by atoms with van der Waals surface area (Å²) in [5.41, 5.74) is 4.03. The second-order valence-corrected chi connectivity index (χ2v) is 7.48. The van der Waals surface area contributed by atoms with Gasteiger partial charge in [0.1, 0.15) is 12.4 Å². The molecule has 0 fully saturated rings. The average molecular weight is 411 g/mol. The molecule has 0 aliphatic rings. The van der Waals surface area contributed by atoms with Gasteiger partial charge in [-0.25, -0.2) is 4.98 Å². The molecule has 0 atom stereocenters. The fourth-order valence-electron chi connectivity index (χ4n) is 2.96. The first-order chi connectivity index (χ1) is 13.8. The third-order valence-electron chi connectivity index (χ3n) is 4.69. The molecule has 0 saturated heterocycles. The number of hydrogen-bond donors (Lipinski definition) is 0. The number of carbonyl (C=O) groups excluding carboxylic acids is 1. The molecule has 0 unspecified atom stereocenters. The van der Waals surface area contributed by atoms with Crippen molar-refractivity contribution in [3.63, 3.8) is 0 Å². The number of aromatic nitrogens is 1. The summed E-state index contributed by atoms with van der Waals surface area (Å²) in [6, 6.07) is 10.5. The number of carbonyl (C=O) groups is 1. The first kappa shape index (κ1) is 20.5. The predicted molar refractivity (Wildman–Crippen MR) is 113 cm³/mol. The minimum absolute atomic E-state index is 0.0131. The Balaban J connectivity index is 1.83. The molecule has 1 amide bonds. The zero-order chi connectivity index (χ0) is 21.1. The lowest BCUT2D eigenvalue weighted by atomic mass is 10.1. The minimum atomic E-state index is -0.432. The van der Waals surface area contributed by atoms with Gasteiger partial charge in [-0.05, 0) is 44.0 Å². The van der Waals surface area contributed by atoms with Crippen LogP contribution in [0, 0.1) is 30.9 Å². The standard InChI is InChI=1S/C21H21N3O4S/c1-13-7-5-8-18(14(13)2)23(16(4)25)21-22-17(12-29-21)11-28-20-10-6-9-19(15(20)3)24(26)27/h5-10,12H,11H2,1-4H3. The number of thiazole rings is 1. The molecule has 0 spiro atoms. The van der Waals surface area contributed by atoms with E-state index in [2.05, 4.69) is 4.98 Å². The molecule has 3 rings (SSSR count). The third kappa shape index (κ3) is 4.27. The van der Waals surface area contributed by atoms with Gasteiger partial charge in [-0.2, -0.15) is 0 Å². The number of rotatable bonds is 6. The Bertz CT molecular complexity index is 1080. The van der Waals surface area contributed by atoms with Crippen molar-refractivity contribution in [3.8, 4) is 5.75 Å². The van der Waals surface area contributed by atoms with Crippen molar-refractivity contribution in [2.45, 2.75) is 34.3 Å². The Labute approximate surface area is 172 Å². The van der Waals surface area contributed by atoms with Crippen molar-refractivity contribution in [1.82, 2.24) is 4.98 Å². The summed E-state index contributed by atoms with van der Waals surface area (Å²) in [6.07, 6.45) is 0. The first-order valence-corrected chi connectivity index (χ1v) is 9.85. The Kier molecular flexibility index (Phi) is 5.93. The highest BCUT2D eigenvalue weighted by Crippen LogP contribution is 2.33. The van der Waals surface area contributed by atoms with E-state index in [0.29, 0.717) is 22.1 Å². The van der Waals surface area contributed by atoms with Gasteiger partial charge in [0.2, 0.25) is 5.91 Å². The number of benzene rings is 2. The van der Waals surface area contributed by atoms with E-state index in [1.54, 1.807) is 24.0 Å². The van der Waals surface area contributed by atoms with Crippen molar-refractivity contribution in [2.24, 2.45) is 0 Å². The number of nitro groups is 1. The van der Waals surface area contributed by atoms with Crippen LogP contribution in [0.2, 0.25) is 0 Å². The molecule has 0 aliphatic carbocycles. The summed E-state index contributed by atoms with van der Waals surface area (Å²) in [5.74, 6) is 0.307. The SMILES string of the molecule is CC(=O)N(c1nc(COc2cccc([N+](=O)[O-])c2C)cs1)c1cccc(C)c1C. The monoisotopic (exact) mass is 411 g/mol. The molecule has 0 aliphatic heterocycles. The van der Waals surface area contributed by atoms with Crippen molar-refractivity contribution in [1.29, 1.82) is 0 Å². The van der Waals surface area contributed by atoms with Crippen LogP contribution >= 0.6 is 11.3 Å². The first-order valence-electron chi connectivity index (χ1n) is 8.97. The van der Waals surface area contributed by atoms with E-state index in [4.69, 9.17) is 4.74 Å². The highest BCUT2D eigenvalue weighted by molar-refractivity contribution is 7.14. The molecule has 1 heterocycles. The van der Waals surface area contributed by atoms with E-state index >= 15 is 0 Å². The lowest BCUT2D eigenvalue weighted by Gasteiger charge is -2.21. The van der Waals surface area contributed by atoms with Crippen molar-refractivity contribution in [3.05, 3.63) is 74.3 Å². The van der Waals surface area contributed by atoms with Crippen LogP contribution in [0.25, 0.3) is 0 Å². The molecule has 0 saturated carbocycles. The van der Waals surface area contributed by atoms with E-state index in [1.165, 1.54) is 24.3 Å². The van der Waals surface area contributed by atoms with Crippen molar-refractivity contribution >= 4 is 33.8 Å². The summed E-state index contributed by atoms with van der Waals surface area (Å²) in [7, 11) is 0. The number of ether oxygens (including phenoxy) is 1. The molecule has 0 N–H and O–H groups in total. The van der Waals surface area contributed by atoms with Gasteiger partial charge in [-0.15, -0.1) is 11.3 Å². The van der Waals surface area contributed by atoms with E-state index in [0.717, 1.165) is 16.8 Å². The maximum atomic E-state index is 12.3. The molecule has 150 valence electrons. The van der Waals surface area contributed by atoms with Crippen LogP contribution < -0.4 is 9.64 Å². The third-order valence-corrected chi connectivity index (χ3v) is 5.57. The van der Waals surface area contributed by atoms with Crippen LogP contribution in [0.15, 0.2) is 41.8 Å². The van der Waals surface area contributed by atoms with Crippen LogP contribution in [-0.2, 0) is 11.4 Å². The number of hydrogen-bond acceptors (Lipinski definition) is 6. The van der Waals surface area contributed by atoms with Crippen LogP contribution in [0.1, 0.15) is 29.3 Å². The average Bonchev–Trinajstić information content (AvgIpc) is 3.12. The Morgan fingerprint density at radius 1 is 1.17 bits per heavy atom. The number of anilines is 2. The van der Waals surface area contributed by atoms with Crippen molar-refractivity contribution < 1.29 is 14.5 Å².